The van der Waals surface area contributed by atoms with Gasteiger partial charge in [0.2, 0.25) is 15.2 Å². The Kier molecular flexibility index (Phi) is 10.5. The SMILES string of the molecule is O=S(=O)(NCc1cccc(-c2cccc([C@@H]3O[C@H](CSc4nnnn4-c4ccc(O)cc4)C[C@H](c4ccc(CO)cc4)O3)c2)c1)c1ccccc1. The lowest BCUT2D eigenvalue weighted by molar-refractivity contribution is -0.245. The molecular weight excluding hydrogens is 687 g/mol. The fourth-order valence-electron chi connectivity index (χ4n) is 5.80. The molecule has 13 heteroatoms. The normalized spacial score (nSPS) is 17.7. The van der Waals surface area contributed by atoms with E-state index in [1.165, 1.54) is 11.8 Å². The van der Waals surface area contributed by atoms with Crippen LogP contribution >= 0.6 is 11.8 Å². The van der Waals surface area contributed by atoms with E-state index in [-0.39, 0.29) is 36.0 Å². The summed E-state index contributed by atoms with van der Waals surface area (Å²) in [6, 6.07) is 38.4. The zero-order valence-corrected chi connectivity index (χ0v) is 29.0. The molecule has 0 aliphatic carbocycles. The second kappa shape index (κ2) is 15.6. The molecule has 0 radical (unpaired) electrons. The third kappa shape index (κ3) is 8.37. The minimum atomic E-state index is -3.65. The number of hydrogen-bond donors (Lipinski definition) is 3. The molecular formula is C38H35N5O6S2. The van der Waals surface area contributed by atoms with Crippen LogP contribution < -0.4 is 4.72 Å². The Morgan fingerprint density at radius 2 is 1.55 bits per heavy atom. The molecule has 1 fully saturated rings. The van der Waals surface area contributed by atoms with Crippen LogP contribution in [0.15, 0.2) is 137 Å². The van der Waals surface area contributed by atoms with Gasteiger partial charge in [0.25, 0.3) is 0 Å². The summed E-state index contributed by atoms with van der Waals surface area (Å²) in [5, 5.41) is 32.1. The van der Waals surface area contributed by atoms with Gasteiger partial charge in [-0.15, -0.1) is 5.10 Å². The number of aliphatic hydroxyl groups is 1. The van der Waals surface area contributed by atoms with E-state index in [9.17, 15) is 18.6 Å². The number of phenols is 1. The topological polar surface area (TPSA) is 149 Å². The summed E-state index contributed by atoms with van der Waals surface area (Å²) in [5.74, 6) is 0.702. The lowest BCUT2D eigenvalue weighted by Crippen LogP contribution is -2.31. The van der Waals surface area contributed by atoms with Gasteiger partial charge in [-0.25, -0.2) is 13.1 Å². The molecule has 3 N–H and O–H groups in total. The molecule has 11 nitrogen and oxygen atoms in total. The minimum absolute atomic E-state index is 0.0422. The first-order chi connectivity index (χ1) is 24.8. The van der Waals surface area contributed by atoms with Crippen LogP contribution in [0, 0.1) is 0 Å². The molecule has 0 bridgehead atoms. The first kappa shape index (κ1) is 34.6. The Morgan fingerprint density at radius 1 is 0.804 bits per heavy atom. The first-order valence-electron chi connectivity index (χ1n) is 16.3. The summed E-state index contributed by atoms with van der Waals surface area (Å²) in [6.45, 7) is 0.102. The molecule has 1 saturated heterocycles. The zero-order valence-electron chi connectivity index (χ0n) is 27.3. The Morgan fingerprint density at radius 3 is 2.31 bits per heavy atom. The lowest BCUT2D eigenvalue weighted by atomic mass is 9.99. The number of hydrogen-bond acceptors (Lipinski definition) is 10. The highest BCUT2D eigenvalue weighted by Gasteiger charge is 2.33. The summed E-state index contributed by atoms with van der Waals surface area (Å²) in [7, 11) is -3.65. The van der Waals surface area contributed by atoms with Crippen molar-refractivity contribution in [3.8, 4) is 22.6 Å². The van der Waals surface area contributed by atoms with Gasteiger partial charge in [0.1, 0.15) is 5.75 Å². The molecule has 3 atom stereocenters. The molecule has 0 unspecified atom stereocenters. The van der Waals surface area contributed by atoms with Crippen LogP contribution in [0.4, 0.5) is 0 Å². The van der Waals surface area contributed by atoms with Crippen LogP contribution in [0.25, 0.3) is 16.8 Å². The number of nitrogens with one attached hydrogen (secondary N) is 1. The number of aromatic nitrogens is 4. The van der Waals surface area contributed by atoms with Gasteiger partial charge in [-0.3, -0.25) is 0 Å². The smallest absolute Gasteiger partial charge is 0.240 e. The van der Waals surface area contributed by atoms with E-state index in [0.717, 1.165) is 39.1 Å². The average Bonchev–Trinajstić information content (AvgIpc) is 3.66. The number of nitrogens with zero attached hydrogens (tertiary/aromatic N) is 4. The van der Waals surface area contributed by atoms with Crippen LogP contribution in [0.3, 0.4) is 0 Å². The van der Waals surface area contributed by atoms with E-state index in [1.807, 2.05) is 72.8 Å². The van der Waals surface area contributed by atoms with Crippen molar-refractivity contribution in [1.82, 2.24) is 24.9 Å². The molecule has 260 valence electrons. The second-order valence-electron chi connectivity index (χ2n) is 12.0. The standard InChI is InChI=1S/C38H35N5O6S2/c44-24-26-12-14-28(15-13-26)36-22-34(25-50-38-40-41-42-43(38)32-16-18-33(45)19-17-32)48-37(49-36)31-9-5-8-30(21-31)29-7-4-6-27(20-29)23-39-51(46,47)35-10-2-1-3-11-35/h1-21,34,36-37,39,44-45H,22-25H2/t34-,36+,37+/m0/s1. The number of thioether (sulfide) groups is 1. The maximum Gasteiger partial charge on any atom is 0.240 e. The van der Waals surface area contributed by atoms with Crippen molar-refractivity contribution >= 4 is 21.8 Å². The number of sulfonamides is 1. The Labute approximate surface area is 299 Å². The number of tetrazole rings is 1. The quantitative estimate of drug-likeness (QED) is 0.122. The van der Waals surface area contributed by atoms with E-state index < -0.39 is 16.3 Å². The van der Waals surface area contributed by atoms with E-state index >= 15 is 0 Å². The maximum absolute atomic E-state index is 12.8. The number of ether oxygens (including phenoxy) is 2. The summed E-state index contributed by atoms with van der Waals surface area (Å²) in [5.41, 5.74) is 6.03. The van der Waals surface area contributed by atoms with Crippen LogP contribution in [-0.4, -0.2) is 50.7 Å². The average molecular weight is 722 g/mol. The number of phenolic OH excluding ortho intramolecular Hbond substituents is 1. The van der Waals surface area contributed by atoms with Crippen LogP contribution in [0.1, 0.15) is 41.1 Å². The van der Waals surface area contributed by atoms with Crippen molar-refractivity contribution in [2.75, 3.05) is 5.75 Å². The maximum atomic E-state index is 12.8. The van der Waals surface area contributed by atoms with E-state index in [1.54, 1.807) is 59.3 Å². The van der Waals surface area contributed by atoms with Crippen molar-refractivity contribution < 1.29 is 28.1 Å². The number of benzene rings is 5. The Hall–Kier alpha value is -4.89. The first-order valence-corrected chi connectivity index (χ1v) is 18.8. The van der Waals surface area contributed by atoms with Crippen LogP contribution in [0.2, 0.25) is 0 Å². The molecule has 2 heterocycles. The Bertz CT molecular complexity index is 2180. The van der Waals surface area contributed by atoms with Gasteiger partial charge < -0.3 is 19.7 Å². The van der Waals surface area contributed by atoms with Gasteiger partial charge in [-0.05, 0) is 86.8 Å². The highest BCUT2D eigenvalue weighted by atomic mass is 32.2. The summed E-state index contributed by atoms with van der Waals surface area (Å²) >= 11 is 1.47. The summed E-state index contributed by atoms with van der Waals surface area (Å²) < 4.78 is 43.1. The van der Waals surface area contributed by atoms with Crippen molar-refractivity contribution in [2.45, 2.75) is 48.1 Å². The number of aliphatic hydroxyl groups excluding tert-OH is 1. The highest BCUT2D eigenvalue weighted by molar-refractivity contribution is 7.99. The molecule has 0 spiro atoms. The van der Waals surface area contributed by atoms with Crippen LogP contribution in [0.5, 0.6) is 5.75 Å². The zero-order chi connectivity index (χ0) is 35.2. The summed E-state index contributed by atoms with van der Waals surface area (Å²) in [6.07, 6.45) is -0.602. The van der Waals surface area contributed by atoms with E-state index in [0.29, 0.717) is 17.3 Å². The molecule has 5 aromatic carbocycles. The van der Waals surface area contributed by atoms with Crippen LogP contribution in [-0.2, 0) is 32.6 Å². The minimum Gasteiger partial charge on any atom is -0.508 e. The van der Waals surface area contributed by atoms with E-state index in [2.05, 4.69) is 20.2 Å². The third-order valence-corrected chi connectivity index (χ3v) is 11.0. The van der Waals surface area contributed by atoms with Gasteiger partial charge in [-0.2, -0.15) is 4.68 Å². The van der Waals surface area contributed by atoms with Gasteiger partial charge in [0, 0.05) is 24.3 Å². The fraction of sp³-hybridized carbons (Fsp3) is 0.184. The van der Waals surface area contributed by atoms with Gasteiger partial charge in [0.05, 0.1) is 29.4 Å². The molecule has 0 amide bonds. The fourth-order valence-corrected chi connectivity index (χ4v) is 7.75. The molecule has 7 rings (SSSR count). The lowest BCUT2D eigenvalue weighted by Gasteiger charge is -2.36. The predicted molar refractivity (Wildman–Crippen MR) is 192 cm³/mol. The molecule has 1 aromatic heterocycles. The Balaban J connectivity index is 1.10. The van der Waals surface area contributed by atoms with Gasteiger partial charge in [-0.1, -0.05) is 90.6 Å². The molecule has 1 aliphatic rings. The van der Waals surface area contributed by atoms with Gasteiger partial charge >= 0.3 is 0 Å². The second-order valence-corrected chi connectivity index (χ2v) is 14.8. The van der Waals surface area contributed by atoms with E-state index in [4.69, 9.17) is 9.47 Å². The molecule has 6 aromatic rings. The number of rotatable bonds is 12. The number of aromatic hydroxyl groups is 1. The largest absolute Gasteiger partial charge is 0.508 e. The monoisotopic (exact) mass is 721 g/mol. The van der Waals surface area contributed by atoms with Crippen molar-refractivity contribution in [3.63, 3.8) is 0 Å². The third-order valence-electron chi connectivity index (χ3n) is 8.49. The predicted octanol–water partition coefficient (Wildman–Crippen LogP) is 6.34. The summed E-state index contributed by atoms with van der Waals surface area (Å²) in [4.78, 5) is 0.219. The van der Waals surface area contributed by atoms with Crippen molar-refractivity contribution in [1.29, 1.82) is 0 Å². The highest BCUT2D eigenvalue weighted by Crippen LogP contribution is 2.40. The van der Waals surface area contributed by atoms with Crippen molar-refractivity contribution in [2.24, 2.45) is 0 Å². The molecule has 51 heavy (non-hydrogen) atoms. The van der Waals surface area contributed by atoms with Gasteiger partial charge in [0.15, 0.2) is 6.29 Å². The molecule has 1 aliphatic heterocycles. The van der Waals surface area contributed by atoms with Crippen molar-refractivity contribution in [3.05, 3.63) is 150 Å². The molecule has 0 saturated carbocycles.